The molecule has 0 aliphatic rings. The lowest BCUT2D eigenvalue weighted by atomic mass is 10.1. The number of hydrogen-bond acceptors (Lipinski definition) is 4. The van der Waals surface area contributed by atoms with Gasteiger partial charge in [0.1, 0.15) is 6.33 Å². The van der Waals surface area contributed by atoms with Crippen LogP contribution in [0.3, 0.4) is 0 Å². The minimum Gasteiger partial charge on any atom is -0.341 e. The minimum absolute atomic E-state index is 0.183. The van der Waals surface area contributed by atoms with Crippen LogP contribution in [-0.2, 0) is 0 Å². The van der Waals surface area contributed by atoms with E-state index in [9.17, 15) is 4.79 Å². The van der Waals surface area contributed by atoms with E-state index in [1.165, 1.54) is 11.0 Å². The molecule has 0 saturated carbocycles. The molecule has 1 amide bonds. The number of rotatable bonds is 3. The number of aromatic nitrogens is 4. The smallest absolute Gasteiger partial charge is 0.254 e. The van der Waals surface area contributed by atoms with Gasteiger partial charge >= 0.3 is 0 Å². The lowest BCUT2D eigenvalue weighted by Crippen LogP contribution is -2.24. The molecule has 84 valence electrons. The summed E-state index contributed by atoms with van der Waals surface area (Å²) in [6.07, 6.45) is 6.51. The molecule has 1 N–H and O–H groups in total. The number of nitrogens with zero attached hydrogens (tertiary/aromatic N) is 4. The Kier molecular flexibility index (Phi) is 3.12. The van der Waals surface area contributed by atoms with Gasteiger partial charge in [0.2, 0.25) is 0 Å². The van der Waals surface area contributed by atoms with Crippen LogP contribution in [0.1, 0.15) is 10.4 Å². The zero-order chi connectivity index (χ0) is 12.1. The van der Waals surface area contributed by atoms with Gasteiger partial charge in [0, 0.05) is 0 Å². The topological polar surface area (TPSA) is 72.7 Å². The van der Waals surface area contributed by atoms with Gasteiger partial charge in [0.05, 0.1) is 17.8 Å². The van der Waals surface area contributed by atoms with Gasteiger partial charge in [-0.05, 0) is 22.6 Å². The fraction of sp³-hybridized carbons (Fsp3) is 0.0909. The minimum atomic E-state index is -0.256. The lowest BCUT2D eigenvalue weighted by Gasteiger charge is -2.07. The number of para-hydroxylation sites is 1. The molecule has 6 heteroatoms. The molecular weight excluding hydrogens is 218 g/mol. The van der Waals surface area contributed by atoms with E-state index >= 15 is 0 Å². The maximum atomic E-state index is 11.8. The second-order valence-electron chi connectivity index (χ2n) is 3.16. The Balaban J connectivity index is 2.35. The van der Waals surface area contributed by atoms with Gasteiger partial charge in [-0.1, -0.05) is 18.1 Å². The Morgan fingerprint density at radius 1 is 1.47 bits per heavy atom. The molecule has 0 saturated heterocycles. The summed E-state index contributed by atoms with van der Waals surface area (Å²) < 4.78 is 1.42. The van der Waals surface area contributed by atoms with Crippen molar-refractivity contribution in [2.45, 2.75) is 0 Å². The van der Waals surface area contributed by atoms with Crippen molar-refractivity contribution >= 4 is 5.91 Å². The van der Waals surface area contributed by atoms with Crippen LogP contribution in [0.4, 0.5) is 0 Å². The Labute approximate surface area is 97.6 Å². The number of nitrogens with one attached hydrogen (secondary N) is 1. The molecule has 0 fully saturated rings. The second-order valence-corrected chi connectivity index (χ2v) is 3.16. The Bertz CT molecular complexity index is 555. The fourth-order valence-electron chi connectivity index (χ4n) is 1.36. The van der Waals surface area contributed by atoms with Crippen molar-refractivity contribution < 1.29 is 4.79 Å². The van der Waals surface area contributed by atoms with Gasteiger partial charge in [-0.2, -0.15) is 4.68 Å². The predicted octanol–water partition coefficient (Wildman–Crippen LogP) is 0.0253. The van der Waals surface area contributed by atoms with E-state index in [0.717, 1.165) is 0 Å². The van der Waals surface area contributed by atoms with Crippen LogP contribution < -0.4 is 5.32 Å². The monoisotopic (exact) mass is 227 g/mol. The molecule has 1 aromatic carbocycles. The maximum Gasteiger partial charge on any atom is 0.254 e. The van der Waals surface area contributed by atoms with Crippen LogP contribution in [0.15, 0.2) is 30.6 Å². The van der Waals surface area contributed by atoms with E-state index in [4.69, 9.17) is 6.42 Å². The molecule has 0 aliphatic heterocycles. The normalized spacial score (nSPS) is 9.59. The third-order valence-corrected chi connectivity index (χ3v) is 2.10. The van der Waals surface area contributed by atoms with Crippen LogP contribution in [0, 0.1) is 12.3 Å². The molecular formula is C11H9N5O. The van der Waals surface area contributed by atoms with Crippen molar-refractivity contribution in [2.75, 3.05) is 6.54 Å². The highest BCUT2D eigenvalue weighted by Gasteiger charge is 2.11. The van der Waals surface area contributed by atoms with Gasteiger partial charge in [-0.3, -0.25) is 4.79 Å². The standard InChI is InChI=1S/C11H9N5O/c1-2-7-12-11(17)9-5-3-4-6-10(9)16-8-13-14-15-16/h1,3-6,8H,7H2,(H,12,17). The first-order valence-corrected chi connectivity index (χ1v) is 4.87. The Morgan fingerprint density at radius 3 is 3.00 bits per heavy atom. The van der Waals surface area contributed by atoms with E-state index in [2.05, 4.69) is 26.8 Å². The van der Waals surface area contributed by atoms with Gasteiger partial charge < -0.3 is 5.32 Å². The third-order valence-electron chi connectivity index (χ3n) is 2.10. The number of benzene rings is 1. The molecule has 0 atom stereocenters. The number of amides is 1. The summed E-state index contributed by atoms with van der Waals surface area (Å²) in [5.74, 6) is 2.09. The Hall–Kier alpha value is -2.68. The van der Waals surface area contributed by atoms with Crippen LogP contribution in [0.5, 0.6) is 0 Å². The molecule has 2 rings (SSSR count). The van der Waals surface area contributed by atoms with Crippen molar-refractivity contribution in [2.24, 2.45) is 0 Å². The average molecular weight is 227 g/mol. The fourth-order valence-corrected chi connectivity index (χ4v) is 1.36. The van der Waals surface area contributed by atoms with Crippen molar-refractivity contribution in [1.29, 1.82) is 0 Å². The molecule has 0 unspecified atom stereocenters. The van der Waals surface area contributed by atoms with E-state index in [0.29, 0.717) is 11.3 Å². The van der Waals surface area contributed by atoms with E-state index < -0.39 is 0 Å². The zero-order valence-electron chi connectivity index (χ0n) is 8.87. The molecule has 6 nitrogen and oxygen atoms in total. The molecule has 1 heterocycles. The number of tetrazole rings is 1. The average Bonchev–Trinajstić information content (AvgIpc) is 2.89. The number of carbonyl (C=O) groups is 1. The molecule has 1 aromatic heterocycles. The van der Waals surface area contributed by atoms with Gasteiger partial charge in [-0.15, -0.1) is 11.5 Å². The summed E-state index contributed by atoms with van der Waals surface area (Å²) in [4.78, 5) is 11.8. The van der Waals surface area contributed by atoms with Crippen molar-refractivity contribution in [1.82, 2.24) is 25.5 Å². The van der Waals surface area contributed by atoms with Crippen molar-refractivity contribution in [3.63, 3.8) is 0 Å². The lowest BCUT2D eigenvalue weighted by molar-refractivity contribution is 0.0958. The molecule has 0 aliphatic carbocycles. The van der Waals surface area contributed by atoms with Crippen LogP contribution in [-0.4, -0.2) is 32.7 Å². The summed E-state index contributed by atoms with van der Waals surface area (Å²) in [7, 11) is 0. The van der Waals surface area contributed by atoms with Crippen LogP contribution in [0.25, 0.3) is 5.69 Å². The first-order valence-electron chi connectivity index (χ1n) is 4.87. The van der Waals surface area contributed by atoms with Gasteiger partial charge in [0.15, 0.2) is 0 Å². The molecule has 0 bridgehead atoms. The maximum absolute atomic E-state index is 11.8. The summed E-state index contributed by atoms with van der Waals surface area (Å²) in [5, 5.41) is 13.4. The van der Waals surface area contributed by atoms with E-state index in [1.807, 2.05) is 0 Å². The van der Waals surface area contributed by atoms with Crippen molar-refractivity contribution in [3.8, 4) is 18.0 Å². The molecule has 0 radical (unpaired) electrons. The second kappa shape index (κ2) is 4.90. The largest absolute Gasteiger partial charge is 0.341 e. The highest BCUT2D eigenvalue weighted by atomic mass is 16.1. The van der Waals surface area contributed by atoms with Gasteiger partial charge in [-0.25, -0.2) is 0 Å². The van der Waals surface area contributed by atoms with E-state index in [1.54, 1.807) is 24.3 Å². The summed E-state index contributed by atoms with van der Waals surface area (Å²) in [6, 6.07) is 7.00. The predicted molar refractivity (Wildman–Crippen MR) is 60.3 cm³/mol. The number of hydrogen-bond donors (Lipinski definition) is 1. The first-order chi connectivity index (χ1) is 8.33. The van der Waals surface area contributed by atoms with Gasteiger partial charge in [0.25, 0.3) is 5.91 Å². The SMILES string of the molecule is C#CCNC(=O)c1ccccc1-n1cnnn1. The number of carbonyl (C=O) groups excluding carboxylic acids is 1. The van der Waals surface area contributed by atoms with Crippen molar-refractivity contribution in [3.05, 3.63) is 36.2 Å². The first kappa shape index (κ1) is 10.8. The van der Waals surface area contributed by atoms with Crippen LogP contribution >= 0.6 is 0 Å². The van der Waals surface area contributed by atoms with E-state index in [-0.39, 0.29) is 12.5 Å². The summed E-state index contributed by atoms with van der Waals surface area (Å²) in [6.45, 7) is 0.183. The number of terminal acetylenes is 1. The highest BCUT2D eigenvalue weighted by Crippen LogP contribution is 2.12. The summed E-state index contributed by atoms with van der Waals surface area (Å²) in [5.41, 5.74) is 1.07. The molecule has 2 aromatic rings. The molecule has 17 heavy (non-hydrogen) atoms. The Morgan fingerprint density at radius 2 is 2.29 bits per heavy atom. The summed E-state index contributed by atoms with van der Waals surface area (Å²) >= 11 is 0. The zero-order valence-corrected chi connectivity index (χ0v) is 8.87. The molecule has 0 spiro atoms. The third kappa shape index (κ3) is 2.29. The quantitative estimate of drug-likeness (QED) is 0.750. The van der Waals surface area contributed by atoms with Crippen LogP contribution in [0.2, 0.25) is 0 Å². The highest BCUT2D eigenvalue weighted by molar-refractivity contribution is 5.97.